The van der Waals surface area contributed by atoms with Crippen molar-refractivity contribution >= 4 is 23.5 Å². The quantitative estimate of drug-likeness (QED) is 0.501. The van der Waals surface area contributed by atoms with Crippen molar-refractivity contribution in [3.63, 3.8) is 0 Å². The summed E-state index contributed by atoms with van der Waals surface area (Å²) in [7, 11) is 0. The van der Waals surface area contributed by atoms with Gasteiger partial charge in [0, 0.05) is 30.9 Å². The van der Waals surface area contributed by atoms with Crippen molar-refractivity contribution in [3.8, 4) is 11.5 Å². The van der Waals surface area contributed by atoms with Gasteiger partial charge in [-0.3, -0.25) is 9.69 Å². The lowest BCUT2D eigenvalue weighted by molar-refractivity contribution is 0.0322. The summed E-state index contributed by atoms with van der Waals surface area (Å²) in [6, 6.07) is 14.3. The number of aromatic nitrogens is 3. The van der Waals surface area contributed by atoms with Crippen molar-refractivity contribution in [2.24, 2.45) is 0 Å². The number of benzene rings is 2. The van der Waals surface area contributed by atoms with Gasteiger partial charge in [-0.05, 0) is 69.3 Å². The standard InChI is InChI=1S/C25H32N6O4/c1-25(2,3)35-21-8-4-18(5-9-21)22(32)31-23(26)28-24(29-31)27-19-6-10-20(11-7-19)34-17-14-30-12-15-33-16-13-30/h4-11H,12-17H2,1-3H3,(H3,26,27,28,29). The number of anilines is 3. The molecule has 1 aromatic heterocycles. The van der Waals surface area contributed by atoms with E-state index in [0.717, 1.165) is 49.0 Å². The zero-order valence-corrected chi connectivity index (χ0v) is 20.4. The third-order valence-corrected chi connectivity index (χ3v) is 5.24. The molecule has 10 nitrogen and oxygen atoms in total. The first-order valence-corrected chi connectivity index (χ1v) is 11.6. The van der Waals surface area contributed by atoms with Crippen LogP contribution in [-0.2, 0) is 4.74 Å². The summed E-state index contributed by atoms with van der Waals surface area (Å²) in [5.41, 5.74) is 6.81. The summed E-state index contributed by atoms with van der Waals surface area (Å²) in [6.45, 7) is 10.8. The van der Waals surface area contributed by atoms with E-state index >= 15 is 0 Å². The van der Waals surface area contributed by atoms with E-state index in [1.54, 1.807) is 24.3 Å². The van der Waals surface area contributed by atoms with Crippen molar-refractivity contribution in [2.75, 3.05) is 50.5 Å². The molecule has 10 heteroatoms. The Balaban J connectivity index is 1.33. The number of ether oxygens (including phenoxy) is 3. The average molecular weight is 481 g/mol. The SMILES string of the molecule is CC(C)(C)Oc1ccc(C(=O)n2nc(Nc3ccc(OCCN4CCOCC4)cc3)nc2N)cc1. The van der Waals surface area contributed by atoms with Crippen LogP contribution < -0.4 is 20.5 Å². The number of hydrogen-bond acceptors (Lipinski definition) is 9. The summed E-state index contributed by atoms with van der Waals surface area (Å²) < 4.78 is 18.1. The molecule has 0 aliphatic carbocycles. The number of hydrogen-bond donors (Lipinski definition) is 2. The lowest BCUT2D eigenvalue weighted by Gasteiger charge is -2.26. The van der Waals surface area contributed by atoms with Gasteiger partial charge in [0.2, 0.25) is 11.9 Å². The molecule has 0 bridgehead atoms. The molecule has 2 aromatic carbocycles. The van der Waals surface area contributed by atoms with Gasteiger partial charge in [-0.2, -0.15) is 9.67 Å². The van der Waals surface area contributed by atoms with Crippen LogP contribution in [0.25, 0.3) is 0 Å². The third-order valence-electron chi connectivity index (χ3n) is 5.24. The molecule has 1 fully saturated rings. The highest BCUT2D eigenvalue weighted by Crippen LogP contribution is 2.21. The molecule has 1 saturated heterocycles. The zero-order chi connectivity index (χ0) is 24.8. The Morgan fingerprint density at radius 3 is 2.37 bits per heavy atom. The van der Waals surface area contributed by atoms with Crippen molar-refractivity contribution < 1.29 is 19.0 Å². The van der Waals surface area contributed by atoms with Crippen molar-refractivity contribution in [1.82, 2.24) is 19.7 Å². The molecular formula is C25H32N6O4. The number of nitrogens with two attached hydrogens (primary N) is 1. The Kier molecular flexibility index (Phi) is 7.52. The Morgan fingerprint density at radius 1 is 1.06 bits per heavy atom. The molecular weight excluding hydrogens is 448 g/mol. The molecule has 2 heterocycles. The lowest BCUT2D eigenvalue weighted by Crippen LogP contribution is -2.38. The third kappa shape index (κ3) is 6.93. The maximum atomic E-state index is 12.9. The van der Waals surface area contributed by atoms with E-state index in [1.807, 2.05) is 45.0 Å². The summed E-state index contributed by atoms with van der Waals surface area (Å²) in [6.07, 6.45) is 0. The molecule has 0 amide bonds. The van der Waals surface area contributed by atoms with E-state index in [2.05, 4.69) is 20.3 Å². The minimum Gasteiger partial charge on any atom is -0.492 e. The van der Waals surface area contributed by atoms with E-state index in [4.69, 9.17) is 19.9 Å². The van der Waals surface area contributed by atoms with Crippen LogP contribution in [0, 0.1) is 0 Å². The Bertz CT molecular complexity index is 1120. The normalized spacial score (nSPS) is 14.5. The van der Waals surface area contributed by atoms with Gasteiger partial charge in [-0.1, -0.05) is 0 Å². The maximum absolute atomic E-state index is 12.9. The number of rotatable bonds is 8. The summed E-state index contributed by atoms with van der Waals surface area (Å²) in [5.74, 6) is 1.29. The molecule has 1 aliphatic rings. The number of nitrogen functional groups attached to an aromatic ring is 1. The highest BCUT2D eigenvalue weighted by Gasteiger charge is 2.17. The first kappa shape index (κ1) is 24.5. The van der Waals surface area contributed by atoms with Crippen LogP contribution in [0.3, 0.4) is 0 Å². The Hall–Kier alpha value is -3.63. The van der Waals surface area contributed by atoms with Crippen LogP contribution in [0.15, 0.2) is 48.5 Å². The van der Waals surface area contributed by atoms with Gasteiger partial charge in [0.15, 0.2) is 0 Å². The molecule has 4 rings (SSSR count). The van der Waals surface area contributed by atoms with Gasteiger partial charge in [-0.25, -0.2) is 0 Å². The number of nitrogens with zero attached hydrogens (tertiary/aromatic N) is 4. The second kappa shape index (κ2) is 10.7. The highest BCUT2D eigenvalue weighted by molar-refractivity contribution is 5.97. The Morgan fingerprint density at radius 2 is 1.71 bits per heavy atom. The lowest BCUT2D eigenvalue weighted by atomic mass is 10.1. The van der Waals surface area contributed by atoms with E-state index in [9.17, 15) is 4.79 Å². The van der Waals surface area contributed by atoms with Crippen LogP contribution in [-0.4, -0.2) is 70.6 Å². The molecule has 3 N–H and O–H groups in total. The summed E-state index contributed by atoms with van der Waals surface area (Å²) >= 11 is 0. The molecule has 3 aromatic rings. The van der Waals surface area contributed by atoms with E-state index < -0.39 is 0 Å². The van der Waals surface area contributed by atoms with E-state index in [0.29, 0.717) is 17.9 Å². The van der Waals surface area contributed by atoms with Gasteiger partial charge in [0.05, 0.1) is 13.2 Å². The first-order valence-electron chi connectivity index (χ1n) is 11.6. The average Bonchev–Trinajstić information content (AvgIpc) is 3.20. The molecule has 0 saturated carbocycles. The molecule has 186 valence electrons. The van der Waals surface area contributed by atoms with Gasteiger partial charge < -0.3 is 25.3 Å². The molecule has 0 unspecified atom stereocenters. The molecule has 0 spiro atoms. The zero-order valence-electron chi connectivity index (χ0n) is 20.4. The first-order chi connectivity index (χ1) is 16.8. The van der Waals surface area contributed by atoms with E-state index in [1.165, 1.54) is 0 Å². The number of nitrogens with one attached hydrogen (secondary N) is 1. The van der Waals surface area contributed by atoms with Gasteiger partial charge in [-0.15, -0.1) is 5.10 Å². The van der Waals surface area contributed by atoms with Crippen LogP contribution in [0.2, 0.25) is 0 Å². The second-order valence-corrected chi connectivity index (χ2v) is 9.20. The predicted octanol–water partition coefficient (Wildman–Crippen LogP) is 3.18. The molecule has 0 radical (unpaired) electrons. The smallest absolute Gasteiger partial charge is 0.281 e. The van der Waals surface area contributed by atoms with Gasteiger partial charge in [0.1, 0.15) is 23.7 Å². The van der Waals surface area contributed by atoms with Crippen LogP contribution in [0.1, 0.15) is 31.1 Å². The minimum atomic E-state index is -0.380. The fraction of sp³-hybridized carbons (Fsp3) is 0.400. The fourth-order valence-electron chi connectivity index (χ4n) is 3.55. The monoisotopic (exact) mass is 480 g/mol. The number of morpholine rings is 1. The number of carbonyl (C=O) groups excluding carboxylic acids is 1. The van der Waals surface area contributed by atoms with Crippen molar-refractivity contribution in [1.29, 1.82) is 0 Å². The van der Waals surface area contributed by atoms with Crippen molar-refractivity contribution in [3.05, 3.63) is 54.1 Å². The van der Waals surface area contributed by atoms with Crippen LogP contribution >= 0.6 is 0 Å². The minimum absolute atomic E-state index is 0.00409. The van der Waals surface area contributed by atoms with Crippen LogP contribution in [0.4, 0.5) is 17.6 Å². The largest absolute Gasteiger partial charge is 0.492 e. The summed E-state index contributed by atoms with van der Waals surface area (Å²) in [4.78, 5) is 19.4. The maximum Gasteiger partial charge on any atom is 0.281 e. The second-order valence-electron chi connectivity index (χ2n) is 9.20. The Labute approximate surface area is 205 Å². The van der Waals surface area contributed by atoms with Gasteiger partial charge >= 0.3 is 0 Å². The van der Waals surface area contributed by atoms with Crippen molar-refractivity contribution in [2.45, 2.75) is 26.4 Å². The topological polar surface area (TPSA) is 117 Å². The number of carbonyl (C=O) groups is 1. The fourth-order valence-corrected chi connectivity index (χ4v) is 3.55. The molecule has 35 heavy (non-hydrogen) atoms. The summed E-state index contributed by atoms with van der Waals surface area (Å²) in [5, 5.41) is 7.30. The highest BCUT2D eigenvalue weighted by atomic mass is 16.5. The predicted molar refractivity (Wildman–Crippen MR) is 133 cm³/mol. The molecule has 0 atom stereocenters. The molecule has 1 aliphatic heterocycles. The van der Waals surface area contributed by atoms with Gasteiger partial charge in [0.25, 0.3) is 5.91 Å². The van der Waals surface area contributed by atoms with Crippen LogP contribution in [0.5, 0.6) is 11.5 Å². The van der Waals surface area contributed by atoms with E-state index in [-0.39, 0.29) is 23.4 Å².